The summed E-state index contributed by atoms with van der Waals surface area (Å²) >= 11 is 0. The molecule has 3 heterocycles. The number of rotatable bonds is 7. The first-order valence-electron chi connectivity index (χ1n) is 12.0. The summed E-state index contributed by atoms with van der Waals surface area (Å²) in [6.07, 6.45) is 3.74. The van der Waals surface area contributed by atoms with Gasteiger partial charge < -0.3 is 14.5 Å². The summed E-state index contributed by atoms with van der Waals surface area (Å²) in [7, 11) is 0. The summed E-state index contributed by atoms with van der Waals surface area (Å²) in [5.74, 6) is 1.10. The van der Waals surface area contributed by atoms with Gasteiger partial charge in [-0.25, -0.2) is 4.98 Å². The van der Waals surface area contributed by atoms with Crippen molar-refractivity contribution in [3.05, 3.63) is 53.7 Å². The molecule has 2 aromatic rings. The van der Waals surface area contributed by atoms with E-state index in [4.69, 9.17) is 4.74 Å². The summed E-state index contributed by atoms with van der Waals surface area (Å²) in [4.78, 5) is 35.8. The Hall–Kier alpha value is -2.93. The standard InChI is InChI=1S/C26H34N4O3/c1-3-33-25-22(6-4-12-27-25)18-28-13-5-7-23(19-28)26(32)30-16-14-29(15-17-30)24-10-8-21(9-11-24)20(2)31/h4,6,8-12,23H,3,5,7,13-19H2,1-2H3. The van der Waals surface area contributed by atoms with Gasteiger partial charge in [-0.3, -0.25) is 14.5 Å². The Balaban J connectivity index is 1.31. The lowest BCUT2D eigenvalue weighted by Gasteiger charge is -2.39. The van der Waals surface area contributed by atoms with Crippen molar-refractivity contribution in [3.63, 3.8) is 0 Å². The number of aromatic nitrogens is 1. The van der Waals surface area contributed by atoms with Crippen molar-refractivity contribution in [3.8, 4) is 5.88 Å². The van der Waals surface area contributed by atoms with E-state index in [0.717, 1.165) is 75.5 Å². The molecule has 2 aliphatic rings. The highest BCUT2D eigenvalue weighted by Gasteiger charge is 2.31. The van der Waals surface area contributed by atoms with Crippen LogP contribution in [-0.2, 0) is 11.3 Å². The van der Waals surface area contributed by atoms with E-state index in [-0.39, 0.29) is 17.6 Å². The van der Waals surface area contributed by atoms with Gasteiger partial charge in [0.15, 0.2) is 5.78 Å². The zero-order chi connectivity index (χ0) is 23.2. The van der Waals surface area contributed by atoms with Gasteiger partial charge in [0.25, 0.3) is 0 Å². The highest BCUT2D eigenvalue weighted by molar-refractivity contribution is 5.94. The third-order valence-corrected chi connectivity index (χ3v) is 6.61. The summed E-state index contributed by atoms with van der Waals surface area (Å²) in [5.41, 5.74) is 2.92. The van der Waals surface area contributed by atoms with E-state index in [0.29, 0.717) is 12.5 Å². The molecule has 0 N–H and O–H groups in total. The number of anilines is 1. The zero-order valence-electron chi connectivity index (χ0n) is 19.7. The third kappa shape index (κ3) is 5.71. The van der Waals surface area contributed by atoms with Crippen LogP contribution in [0.3, 0.4) is 0 Å². The largest absolute Gasteiger partial charge is 0.478 e. The molecule has 1 atom stereocenters. The normalized spacial score (nSPS) is 19.4. The number of benzene rings is 1. The van der Waals surface area contributed by atoms with Crippen LogP contribution in [0.4, 0.5) is 5.69 Å². The van der Waals surface area contributed by atoms with Crippen molar-refractivity contribution < 1.29 is 14.3 Å². The smallest absolute Gasteiger partial charge is 0.227 e. The first-order valence-corrected chi connectivity index (χ1v) is 12.0. The molecule has 2 fully saturated rings. The van der Waals surface area contributed by atoms with E-state index >= 15 is 0 Å². The van der Waals surface area contributed by atoms with Crippen LogP contribution in [0.15, 0.2) is 42.6 Å². The van der Waals surface area contributed by atoms with Gasteiger partial charge >= 0.3 is 0 Å². The van der Waals surface area contributed by atoms with Gasteiger partial charge in [-0.05, 0) is 63.6 Å². The third-order valence-electron chi connectivity index (χ3n) is 6.61. The Morgan fingerprint density at radius 1 is 1.06 bits per heavy atom. The number of likely N-dealkylation sites (tertiary alicyclic amines) is 1. The lowest BCUT2D eigenvalue weighted by molar-refractivity contribution is -0.137. The van der Waals surface area contributed by atoms with Gasteiger partial charge in [0.05, 0.1) is 12.5 Å². The fourth-order valence-electron chi connectivity index (χ4n) is 4.80. The molecule has 1 amide bonds. The average Bonchev–Trinajstić information content (AvgIpc) is 2.85. The Labute approximate surface area is 196 Å². The van der Waals surface area contributed by atoms with Crippen LogP contribution in [-0.4, -0.2) is 72.3 Å². The topological polar surface area (TPSA) is 66.0 Å². The first kappa shape index (κ1) is 23.2. The number of carbonyl (C=O) groups excluding carboxylic acids is 2. The maximum absolute atomic E-state index is 13.3. The second-order valence-electron chi connectivity index (χ2n) is 8.89. The Morgan fingerprint density at radius 2 is 1.82 bits per heavy atom. The van der Waals surface area contributed by atoms with E-state index in [9.17, 15) is 9.59 Å². The summed E-state index contributed by atoms with van der Waals surface area (Å²) < 4.78 is 5.68. The average molecular weight is 451 g/mol. The molecule has 4 rings (SSSR count). The number of piperazine rings is 1. The minimum absolute atomic E-state index is 0.0485. The first-order chi connectivity index (χ1) is 16.0. The van der Waals surface area contributed by atoms with Crippen molar-refractivity contribution >= 4 is 17.4 Å². The quantitative estimate of drug-likeness (QED) is 0.604. The van der Waals surface area contributed by atoms with Gasteiger partial charge in [0.1, 0.15) is 0 Å². The molecule has 0 saturated carbocycles. The number of Topliss-reactive ketones (excluding diaryl/α,β-unsaturated/α-hetero) is 1. The van der Waals surface area contributed by atoms with Crippen molar-refractivity contribution in [1.82, 2.24) is 14.8 Å². The number of ether oxygens (including phenoxy) is 1. The monoisotopic (exact) mass is 450 g/mol. The van der Waals surface area contributed by atoms with Crippen molar-refractivity contribution in [2.75, 3.05) is 50.8 Å². The van der Waals surface area contributed by atoms with Crippen molar-refractivity contribution in [1.29, 1.82) is 0 Å². The van der Waals surface area contributed by atoms with Crippen molar-refractivity contribution in [2.24, 2.45) is 5.92 Å². The molecule has 1 aromatic carbocycles. The lowest BCUT2D eigenvalue weighted by atomic mass is 9.95. The SMILES string of the molecule is CCOc1ncccc1CN1CCCC(C(=O)N2CCN(c3ccc(C(C)=O)cc3)CC2)C1. The second kappa shape index (κ2) is 10.8. The molecule has 33 heavy (non-hydrogen) atoms. The van der Waals surface area contributed by atoms with E-state index in [1.807, 2.05) is 42.2 Å². The van der Waals surface area contributed by atoms with E-state index in [2.05, 4.69) is 20.9 Å². The Morgan fingerprint density at radius 3 is 2.52 bits per heavy atom. The van der Waals surface area contributed by atoms with Gasteiger partial charge in [-0.2, -0.15) is 0 Å². The molecule has 7 heteroatoms. The molecule has 2 saturated heterocycles. The maximum Gasteiger partial charge on any atom is 0.227 e. The highest BCUT2D eigenvalue weighted by atomic mass is 16.5. The zero-order valence-corrected chi connectivity index (χ0v) is 19.7. The second-order valence-corrected chi connectivity index (χ2v) is 8.89. The van der Waals surface area contributed by atoms with E-state index in [1.54, 1.807) is 13.1 Å². The number of carbonyl (C=O) groups is 2. The van der Waals surface area contributed by atoms with Gasteiger partial charge in [0, 0.05) is 62.3 Å². The fraction of sp³-hybridized carbons (Fsp3) is 0.500. The number of amides is 1. The van der Waals surface area contributed by atoms with E-state index in [1.165, 1.54) is 0 Å². The maximum atomic E-state index is 13.3. The van der Waals surface area contributed by atoms with Crippen LogP contribution in [0.2, 0.25) is 0 Å². The molecule has 2 aliphatic heterocycles. The van der Waals surface area contributed by atoms with Gasteiger partial charge in [-0.1, -0.05) is 6.07 Å². The van der Waals surface area contributed by atoms with Gasteiger partial charge in [-0.15, -0.1) is 0 Å². The molecule has 0 bridgehead atoms. The van der Waals surface area contributed by atoms with Crippen LogP contribution in [0.1, 0.15) is 42.6 Å². The minimum atomic E-state index is 0.0485. The van der Waals surface area contributed by atoms with Crippen LogP contribution in [0.25, 0.3) is 0 Å². The number of pyridine rings is 1. The number of ketones is 1. The summed E-state index contributed by atoms with van der Waals surface area (Å²) in [5, 5.41) is 0. The highest BCUT2D eigenvalue weighted by Crippen LogP contribution is 2.25. The molecule has 1 aromatic heterocycles. The summed E-state index contributed by atoms with van der Waals surface area (Å²) in [6.45, 7) is 9.79. The predicted molar refractivity (Wildman–Crippen MR) is 129 cm³/mol. The van der Waals surface area contributed by atoms with Crippen LogP contribution in [0.5, 0.6) is 5.88 Å². The van der Waals surface area contributed by atoms with Crippen LogP contribution >= 0.6 is 0 Å². The molecule has 176 valence electrons. The molecule has 0 aliphatic carbocycles. The molecule has 0 spiro atoms. The molecular formula is C26H34N4O3. The molecule has 0 radical (unpaired) electrons. The number of nitrogens with zero attached hydrogens (tertiary/aromatic N) is 4. The fourth-order valence-corrected chi connectivity index (χ4v) is 4.80. The molecular weight excluding hydrogens is 416 g/mol. The molecule has 1 unspecified atom stereocenters. The number of hydrogen-bond acceptors (Lipinski definition) is 6. The molecule has 7 nitrogen and oxygen atoms in total. The number of piperidine rings is 1. The van der Waals surface area contributed by atoms with Crippen LogP contribution in [0, 0.1) is 5.92 Å². The predicted octanol–water partition coefficient (Wildman–Crippen LogP) is 3.24. The van der Waals surface area contributed by atoms with Crippen LogP contribution < -0.4 is 9.64 Å². The van der Waals surface area contributed by atoms with E-state index < -0.39 is 0 Å². The van der Waals surface area contributed by atoms with Crippen molar-refractivity contribution in [2.45, 2.75) is 33.2 Å². The summed E-state index contributed by atoms with van der Waals surface area (Å²) in [6, 6.07) is 11.8. The minimum Gasteiger partial charge on any atom is -0.478 e. The Bertz CT molecular complexity index is 954. The lowest BCUT2D eigenvalue weighted by Crippen LogP contribution is -2.52. The number of hydrogen-bond donors (Lipinski definition) is 0. The Kier molecular flexibility index (Phi) is 7.60. The van der Waals surface area contributed by atoms with Gasteiger partial charge in [0.2, 0.25) is 11.8 Å².